The maximum Gasteiger partial charge on any atom is 0.307 e. The first-order valence-electron chi connectivity index (χ1n) is 7.54. The first kappa shape index (κ1) is 14.7. The minimum Gasteiger partial charge on any atom is -0.466 e. The van der Waals surface area contributed by atoms with Gasteiger partial charge in [0.2, 0.25) is 0 Å². The molecular weight excluding hydrogens is 252 g/mol. The Kier molecular flexibility index (Phi) is 5.71. The molecular formula is C16H24N2O2. The molecule has 1 heterocycles. The van der Waals surface area contributed by atoms with Crippen molar-refractivity contribution in [3.63, 3.8) is 0 Å². The van der Waals surface area contributed by atoms with Crippen molar-refractivity contribution < 1.29 is 9.53 Å². The second-order valence-corrected chi connectivity index (χ2v) is 5.08. The van der Waals surface area contributed by atoms with Crippen molar-refractivity contribution in [3.05, 3.63) is 24.3 Å². The van der Waals surface area contributed by atoms with Crippen LogP contribution in [0.2, 0.25) is 0 Å². The molecule has 20 heavy (non-hydrogen) atoms. The molecule has 1 N–H and O–H groups in total. The summed E-state index contributed by atoms with van der Waals surface area (Å²) < 4.78 is 4.89. The summed E-state index contributed by atoms with van der Waals surface area (Å²) in [5.41, 5.74) is 2.34. The lowest BCUT2D eigenvalue weighted by Gasteiger charge is -2.28. The van der Waals surface area contributed by atoms with E-state index in [1.54, 1.807) is 0 Å². The maximum absolute atomic E-state index is 11.2. The summed E-state index contributed by atoms with van der Waals surface area (Å²) in [5.74, 6) is -0.148. The Hall–Kier alpha value is -1.71. The van der Waals surface area contributed by atoms with Gasteiger partial charge in [-0.15, -0.1) is 0 Å². The van der Waals surface area contributed by atoms with Gasteiger partial charge in [0.15, 0.2) is 0 Å². The van der Waals surface area contributed by atoms with Crippen LogP contribution in [0.25, 0.3) is 0 Å². The number of anilines is 2. The molecule has 0 saturated carbocycles. The summed E-state index contributed by atoms with van der Waals surface area (Å²) in [6.07, 6.45) is 4.34. The normalized spacial score (nSPS) is 14.9. The molecule has 1 aliphatic heterocycles. The van der Waals surface area contributed by atoms with Gasteiger partial charge in [-0.3, -0.25) is 4.79 Å². The zero-order valence-corrected chi connectivity index (χ0v) is 12.2. The van der Waals surface area contributed by atoms with Crippen LogP contribution in [-0.4, -0.2) is 32.2 Å². The van der Waals surface area contributed by atoms with Crippen LogP contribution in [0.3, 0.4) is 0 Å². The summed E-state index contributed by atoms with van der Waals surface area (Å²) in [6, 6.07) is 8.46. The summed E-state index contributed by atoms with van der Waals surface area (Å²) in [5, 5.41) is 3.24. The lowest BCUT2D eigenvalue weighted by Crippen LogP contribution is -2.29. The molecule has 0 atom stereocenters. The molecule has 110 valence electrons. The van der Waals surface area contributed by atoms with Gasteiger partial charge in [-0.25, -0.2) is 0 Å². The number of hydrogen-bond donors (Lipinski definition) is 1. The minimum atomic E-state index is -0.148. The van der Waals surface area contributed by atoms with E-state index in [9.17, 15) is 4.79 Å². The zero-order chi connectivity index (χ0) is 14.2. The Morgan fingerprint density at radius 1 is 1.20 bits per heavy atom. The highest BCUT2D eigenvalue weighted by molar-refractivity contribution is 5.70. The molecule has 1 aliphatic rings. The van der Waals surface area contributed by atoms with Gasteiger partial charge in [-0.05, 0) is 50.5 Å². The van der Waals surface area contributed by atoms with E-state index in [0.717, 1.165) is 18.8 Å². The van der Waals surface area contributed by atoms with Crippen LogP contribution in [0.15, 0.2) is 24.3 Å². The predicted molar refractivity (Wildman–Crippen MR) is 82.2 cm³/mol. The Balaban J connectivity index is 1.77. The van der Waals surface area contributed by atoms with E-state index in [1.807, 2.05) is 6.92 Å². The predicted octanol–water partition coefficient (Wildman–Crippen LogP) is 3.04. The number of nitrogens with zero attached hydrogens (tertiary/aromatic N) is 1. The number of esters is 1. The van der Waals surface area contributed by atoms with Crippen LogP contribution < -0.4 is 10.2 Å². The zero-order valence-electron chi connectivity index (χ0n) is 12.2. The van der Waals surface area contributed by atoms with Crippen molar-refractivity contribution in [2.75, 3.05) is 36.5 Å². The van der Waals surface area contributed by atoms with Crippen LogP contribution in [-0.2, 0) is 9.53 Å². The number of rotatable bonds is 6. The molecule has 0 spiro atoms. The Labute approximate surface area is 121 Å². The third-order valence-electron chi connectivity index (χ3n) is 3.55. The minimum absolute atomic E-state index is 0.148. The summed E-state index contributed by atoms with van der Waals surface area (Å²) >= 11 is 0. The molecule has 2 rings (SSSR count). The van der Waals surface area contributed by atoms with Gasteiger partial charge in [0.25, 0.3) is 0 Å². The van der Waals surface area contributed by atoms with Gasteiger partial charge in [0, 0.05) is 31.0 Å². The van der Waals surface area contributed by atoms with Crippen LogP contribution in [0.4, 0.5) is 11.4 Å². The molecule has 1 saturated heterocycles. The van der Waals surface area contributed by atoms with E-state index in [2.05, 4.69) is 34.5 Å². The maximum atomic E-state index is 11.2. The summed E-state index contributed by atoms with van der Waals surface area (Å²) in [7, 11) is 0. The fraction of sp³-hybridized carbons (Fsp3) is 0.562. The van der Waals surface area contributed by atoms with Crippen LogP contribution in [0.5, 0.6) is 0 Å². The molecule has 0 radical (unpaired) electrons. The van der Waals surface area contributed by atoms with Crippen molar-refractivity contribution in [3.8, 4) is 0 Å². The van der Waals surface area contributed by atoms with E-state index >= 15 is 0 Å². The van der Waals surface area contributed by atoms with Gasteiger partial charge in [0.05, 0.1) is 13.0 Å². The van der Waals surface area contributed by atoms with Gasteiger partial charge in [0.1, 0.15) is 0 Å². The van der Waals surface area contributed by atoms with E-state index in [-0.39, 0.29) is 5.97 Å². The quantitative estimate of drug-likeness (QED) is 0.811. The highest BCUT2D eigenvalue weighted by Crippen LogP contribution is 2.21. The standard InChI is InChI=1S/C16H24N2O2/c1-2-20-16(19)10-11-17-14-6-8-15(9-7-14)18-12-4-3-5-13-18/h6-9,17H,2-5,10-13H2,1H3. The highest BCUT2D eigenvalue weighted by atomic mass is 16.5. The topological polar surface area (TPSA) is 41.6 Å². The van der Waals surface area contributed by atoms with Crippen LogP contribution in [0, 0.1) is 0 Å². The van der Waals surface area contributed by atoms with Gasteiger partial charge < -0.3 is 15.0 Å². The molecule has 1 aromatic carbocycles. The molecule has 4 nitrogen and oxygen atoms in total. The van der Waals surface area contributed by atoms with Crippen molar-refractivity contribution in [2.24, 2.45) is 0 Å². The van der Waals surface area contributed by atoms with E-state index < -0.39 is 0 Å². The van der Waals surface area contributed by atoms with Crippen LogP contribution in [0.1, 0.15) is 32.6 Å². The monoisotopic (exact) mass is 276 g/mol. The van der Waals surface area contributed by atoms with E-state index in [1.165, 1.54) is 24.9 Å². The molecule has 0 aliphatic carbocycles. The molecule has 1 aromatic rings. The van der Waals surface area contributed by atoms with Crippen molar-refractivity contribution in [1.29, 1.82) is 0 Å². The van der Waals surface area contributed by atoms with E-state index in [0.29, 0.717) is 19.6 Å². The number of nitrogens with one attached hydrogen (secondary N) is 1. The second kappa shape index (κ2) is 7.78. The average Bonchev–Trinajstić information content (AvgIpc) is 2.49. The number of carbonyl (C=O) groups excluding carboxylic acids is 1. The van der Waals surface area contributed by atoms with Crippen molar-refractivity contribution >= 4 is 17.3 Å². The third-order valence-corrected chi connectivity index (χ3v) is 3.55. The Morgan fingerprint density at radius 3 is 2.55 bits per heavy atom. The number of carbonyl (C=O) groups is 1. The highest BCUT2D eigenvalue weighted by Gasteiger charge is 2.10. The fourth-order valence-corrected chi connectivity index (χ4v) is 2.48. The number of piperidine rings is 1. The smallest absolute Gasteiger partial charge is 0.307 e. The van der Waals surface area contributed by atoms with Gasteiger partial charge in [-0.1, -0.05) is 0 Å². The largest absolute Gasteiger partial charge is 0.466 e. The first-order chi connectivity index (χ1) is 9.79. The van der Waals surface area contributed by atoms with Crippen molar-refractivity contribution in [1.82, 2.24) is 0 Å². The molecule has 1 fully saturated rings. The molecule has 4 heteroatoms. The molecule has 0 aromatic heterocycles. The van der Waals surface area contributed by atoms with Crippen molar-refractivity contribution in [2.45, 2.75) is 32.6 Å². The first-order valence-corrected chi connectivity index (χ1v) is 7.54. The SMILES string of the molecule is CCOC(=O)CCNc1ccc(N2CCCCC2)cc1. The van der Waals surface area contributed by atoms with E-state index in [4.69, 9.17) is 4.74 Å². The third kappa shape index (κ3) is 4.44. The molecule has 0 unspecified atom stereocenters. The lowest BCUT2D eigenvalue weighted by atomic mass is 10.1. The molecule has 0 bridgehead atoms. The Morgan fingerprint density at radius 2 is 1.90 bits per heavy atom. The second-order valence-electron chi connectivity index (χ2n) is 5.08. The molecule has 0 amide bonds. The number of ether oxygens (including phenoxy) is 1. The Bertz CT molecular complexity index is 411. The lowest BCUT2D eigenvalue weighted by molar-refractivity contribution is -0.142. The van der Waals surface area contributed by atoms with Crippen LogP contribution >= 0.6 is 0 Å². The summed E-state index contributed by atoms with van der Waals surface area (Å²) in [4.78, 5) is 13.7. The fourth-order valence-electron chi connectivity index (χ4n) is 2.48. The summed E-state index contributed by atoms with van der Waals surface area (Å²) in [6.45, 7) is 5.21. The average molecular weight is 276 g/mol. The van der Waals surface area contributed by atoms with Gasteiger partial charge in [-0.2, -0.15) is 0 Å². The number of benzene rings is 1. The van der Waals surface area contributed by atoms with Gasteiger partial charge >= 0.3 is 5.97 Å². The number of hydrogen-bond acceptors (Lipinski definition) is 4.